The van der Waals surface area contributed by atoms with Crippen LogP contribution in [0, 0.1) is 0 Å². The number of benzene rings is 1. The van der Waals surface area contributed by atoms with E-state index in [2.05, 4.69) is 20.2 Å². The first-order valence-electron chi connectivity index (χ1n) is 6.64. The molecule has 0 unspecified atom stereocenters. The van der Waals surface area contributed by atoms with Crippen molar-refractivity contribution in [2.24, 2.45) is 0 Å². The van der Waals surface area contributed by atoms with Crippen molar-refractivity contribution >= 4 is 5.91 Å². The van der Waals surface area contributed by atoms with Gasteiger partial charge in [-0.1, -0.05) is 12.1 Å². The summed E-state index contributed by atoms with van der Waals surface area (Å²) in [6, 6.07) is 7.71. The van der Waals surface area contributed by atoms with Crippen molar-refractivity contribution in [3.05, 3.63) is 53.6 Å². The Bertz CT molecular complexity index is 532. The quantitative estimate of drug-likeness (QED) is 0.836. The van der Waals surface area contributed by atoms with Gasteiger partial charge in [0, 0.05) is 37.0 Å². The van der Waals surface area contributed by atoms with E-state index in [0.717, 1.165) is 18.7 Å². The lowest BCUT2D eigenvalue weighted by atomic mass is 10.1. The van der Waals surface area contributed by atoms with Crippen molar-refractivity contribution in [1.82, 2.24) is 20.2 Å². The highest BCUT2D eigenvalue weighted by Gasteiger charge is 2.05. The van der Waals surface area contributed by atoms with E-state index >= 15 is 0 Å². The number of H-pyrrole nitrogens is 1. The predicted molar refractivity (Wildman–Crippen MR) is 78.5 cm³/mol. The van der Waals surface area contributed by atoms with Crippen LogP contribution in [0.1, 0.15) is 21.6 Å². The highest BCUT2D eigenvalue weighted by atomic mass is 16.1. The second-order valence-corrected chi connectivity index (χ2v) is 5.02. The van der Waals surface area contributed by atoms with Crippen molar-refractivity contribution in [2.75, 3.05) is 20.6 Å². The van der Waals surface area contributed by atoms with Crippen LogP contribution >= 0.6 is 0 Å². The third-order valence-electron chi connectivity index (χ3n) is 2.95. The first kappa shape index (κ1) is 14.3. The van der Waals surface area contributed by atoms with E-state index in [9.17, 15) is 4.79 Å². The van der Waals surface area contributed by atoms with E-state index in [1.165, 1.54) is 5.56 Å². The number of aromatic nitrogens is 2. The number of nitrogens with one attached hydrogen (secondary N) is 2. The Labute approximate surface area is 119 Å². The zero-order valence-corrected chi connectivity index (χ0v) is 11.9. The second-order valence-electron chi connectivity index (χ2n) is 5.02. The molecule has 0 saturated carbocycles. The van der Waals surface area contributed by atoms with Gasteiger partial charge in [0.1, 0.15) is 0 Å². The number of hydrogen-bond donors (Lipinski definition) is 2. The summed E-state index contributed by atoms with van der Waals surface area (Å²) in [6.07, 6.45) is 4.16. The molecular weight excluding hydrogens is 252 g/mol. The molecule has 2 aromatic rings. The van der Waals surface area contributed by atoms with Crippen LogP contribution in [-0.4, -0.2) is 41.4 Å². The molecule has 1 aromatic carbocycles. The standard InChI is InChI=1S/C15H20N4O/c1-19(2)10-12-3-5-13(6-4-12)15(20)17-8-7-14-9-16-11-18-14/h3-6,9,11H,7-8,10H2,1-2H3,(H,16,18)(H,17,20). The molecule has 5 nitrogen and oxygen atoms in total. The highest BCUT2D eigenvalue weighted by Crippen LogP contribution is 2.06. The molecule has 0 bridgehead atoms. The van der Waals surface area contributed by atoms with Gasteiger partial charge in [-0.15, -0.1) is 0 Å². The lowest BCUT2D eigenvalue weighted by molar-refractivity contribution is 0.0954. The summed E-state index contributed by atoms with van der Waals surface area (Å²) < 4.78 is 0. The van der Waals surface area contributed by atoms with Crippen molar-refractivity contribution in [2.45, 2.75) is 13.0 Å². The van der Waals surface area contributed by atoms with Crippen LogP contribution in [0.15, 0.2) is 36.8 Å². The fourth-order valence-corrected chi connectivity index (χ4v) is 1.96. The maximum atomic E-state index is 12.0. The number of amides is 1. The Morgan fingerprint density at radius 1 is 1.30 bits per heavy atom. The van der Waals surface area contributed by atoms with Gasteiger partial charge in [-0.25, -0.2) is 4.98 Å². The number of aromatic amines is 1. The van der Waals surface area contributed by atoms with E-state index in [1.807, 2.05) is 38.4 Å². The van der Waals surface area contributed by atoms with Crippen LogP contribution < -0.4 is 5.32 Å². The van der Waals surface area contributed by atoms with E-state index in [-0.39, 0.29) is 5.91 Å². The summed E-state index contributed by atoms with van der Waals surface area (Å²) in [6.45, 7) is 1.47. The zero-order chi connectivity index (χ0) is 14.4. The summed E-state index contributed by atoms with van der Waals surface area (Å²) in [7, 11) is 4.05. The number of imidazole rings is 1. The van der Waals surface area contributed by atoms with Crippen molar-refractivity contribution in [1.29, 1.82) is 0 Å². The summed E-state index contributed by atoms with van der Waals surface area (Å²) in [5.41, 5.74) is 2.91. The van der Waals surface area contributed by atoms with Gasteiger partial charge in [0.2, 0.25) is 0 Å². The molecule has 20 heavy (non-hydrogen) atoms. The summed E-state index contributed by atoms with van der Waals surface area (Å²) in [5.74, 6) is -0.0408. The average Bonchev–Trinajstić information content (AvgIpc) is 2.92. The first-order valence-corrected chi connectivity index (χ1v) is 6.64. The minimum Gasteiger partial charge on any atom is -0.352 e. The minimum atomic E-state index is -0.0408. The molecule has 0 aliphatic heterocycles. The van der Waals surface area contributed by atoms with E-state index in [4.69, 9.17) is 0 Å². The van der Waals surface area contributed by atoms with Crippen LogP contribution in [0.25, 0.3) is 0 Å². The van der Waals surface area contributed by atoms with Crippen LogP contribution in [0.2, 0.25) is 0 Å². The Morgan fingerprint density at radius 3 is 2.65 bits per heavy atom. The summed E-state index contributed by atoms with van der Waals surface area (Å²) in [4.78, 5) is 21.0. The van der Waals surface area contributed by atoms with Crippen LogP contribution in [0.5, 0.6) is 0 Å². The molecule has 1 heterocycles. The number of carbonyl (C=O) groups is 1. The van der Waals surface area contributed by atoms with Crippen molar-refractivity contribution in [3.8, 4) is 0 Å². The number of nitrogens with zero attached hydrogens (tertiary/aromatic N) is 2. The second kappa shape index (κ2) is 6.86. The van der Waals surface area contributed by atoms with Gasteiger partial charge in [0.05, 0.1) is 6.33 Å². The Balaban J connectivity index is 1.82. The van der Waals surface area contributed by atoms with E-state index in [1.54, 1.807) is 12.5 Å². The molecule has 106 valence electrons. The molecule has 2 N–H and O–H groups in total. The molecule has 0 saturated heterocycles. The van der Waals surface area contributed by atoms with E-state index < -0.39 is 0 Å². The SMILES string of the molecule is CN(C)Cc1ccc(C(=O)NCCc2cnc[nH]2)cc1. The van der Waals surface area contributed by atoms with Gasteiger partial charge < -0.3 is 15.2 Å². The van der Waals surface area contributed by atoms with Crippen LogP contribution in [0.3, 0.4) is 0 Å². The smallest absolute Gasteiger partial charge is 0.251 e. The number of carbonyl (C=O) groups excluding carboxylic acids is 1. The molecule has 0 spiro atoms. The van der Waals surface area contributed by atoms with Gasteiger partial charge in [0.25, 0.3) is 5.91 Å². The molecule has 1 aromatic heterocycles. The maximum Gasteiger partial charge on any atom is 0.251 e. The Hall–Kier alpha value is -2.14. The van der Waals surface area contributed by atoms with Crippen molar-refractivity contribution in [3.63, 3.8) is 0 Å². The third kappa shape index (κ3) is 4.20. The predicted octanol–water partition coefficient (Wildman–Crippen LogP) is 1.44. The fourth-order valence-electron chi connectivity index (χ4n) is 1.96. The molecule has 0 aliphatic carbocycles. The van der Waals surface area contributed by atoms with Gasteiger partial charge in [-0.05, 0) is 31.8 Å². The maximum absolute atomic E-state index is 12.0. The van der Waals surface area contributed by atoms with E-state index in [0.29, 0.717) is 12.1 Å². The molecule has 0 fully saturated rings. The topological polar surface area (TPSA) is 61.0 Å². The molecule has 5 heteroatoms. The molecule has 2 rings (SSSR count). The summed E-state index contributed by atoms with van der Waals surface area (Å²) in [5, 5.41) is 2.90. The average molecular weight is 272 g/mol. The molecule has 1 amide bonds. The Kier molecular flexibility index (Phi) is 4.90. The monoisotopic (exact) mass is 272 g/mol. The normalized spacial score (nSPS) is 10.8. The van der Waals surface area contributed by atoms with Gasteiger partial charge >= 0.3 is 0 Å². The number of hydrogen-bond acceptors (Lipinski definition) is 3. The summed E-state index contributed by atoms with van der Waals surface area (Å²) >= 11 is 0. The highest BCUT2D eigenvalue weighted by molar-refractivity contribution is 5.94. The molecule has 0 aliphatic rings. The largest absolute Gasteiger partial charge is 0.352 e. The van der Waals surface area contributed by atoms with Gasteiger partial charge in [-0.2, -0.15) is 0 Å². The molecule has 0 radical (unpaired) electrons. The lowest BCUT2D eigenvalue weighted by Crippen LogP contribution is -2.25. The van der Waals surface area contributed by atoms with Crippen LogP contribution in [-0.2, 0) is 13.0 Å². The third-order valence-corrected chi connectivity index (χ3v) is 2.95. The first-order chi connectivity index (χ1) is 9.65. The molecular formula is C15H20N4O. The fraction of sp³-hybridized carbons (Fsp3) is 0.333. The molecule has 0 atom stereocenters. The van der Waals surface area contributed by atoms with Gasteiger partial charge in [0.15, 0.2) is 0 Å². The lowest BCUT2D eigenvalue weighted by Gasteiger charge is -2.10. The zero-order valence-electron chi connectivity index (χ0n) is 11.9. The van der Waals surface area contributed by atoms with Crippen LogP contribution in [0.4, 0.5) is 0 Å². The van der Waals surface area contributed by atoms with Crippen molar-refractivity contribution < 1.29 is 4.79 Å². The van der Waals surface area contributed by atoms with Gasteiger partial charge in [-0.3, -0.25) is 4.79 Å². The number of rotatable bonds is 6. The minimum absolute atomic E-state index is 0.0408. The Morgan fingerprint density at radius 2 is 2.05 bits per heavy atom.